The number of anilines is 1. The fraction of sp³-hybridized carbons (Fsp3) is 0. The minimum atomic E-state index is 0.793. The lowest BCUT2D eigenvalue weighted by atomic mass is 9.98. The lowest BCUT2D eigenvalue weighted by Gasteiger charge is -2.15. The monoisotopic (exact) mass is 384 g/mol. The first-order chi connectivity index (χ1) is 14.8. The summed E-state index contributed by atoms with van der Waals surface area (Å²) in [5, 5.41) is 4.96. The molecule has 0 bridgehead atoms. The van der Waals surface area contributed by atoms with Gasteiger partial charge in [-0.2, -0.15) is 0 Å². The summed E-state index contributed by atoms with van der Waals surface area (Å²) in [5.41, 5.74) is 12.9. The second-order valence-corrected chi connectivity index (χ2v) is 7.67. The van der Waals surface area contributed by atoms with E-state index in [9.17, 15) is 0 Å². The summed E-state index contributed by atoms with van der Waals surface area (Å²) in [4.78, 5) is 0. The van der Waals surface area contributed by atoms with Crippen LogP contribution in [0.4, 0.5) is 5.69 Å². The van der Waals surface area contributed by atoms with Crippen LogP contribution in [0.1, 0.15) is 0 Å². The summed E-state index contributed by atoms with van der Waals surface area (Å²) in [5.74, 6) is 0. The van der Waals surface area contributed by atoms with Crippen molar-refractivity contribution in [1.82, 2.24) is 4.57 Å². The van der Waals surface area contributed by atoms with Gasteiger partial charge < -0.3 is 10.3 Å². The van der Waals surface area contributed by atoms with Crippen molar-refractivity contribution in [2.24, 2.45) is 0 Å². The molecule has 2 heteroatoms. The van der Waals surface area contributed by atoms with Gasteiger partial charge in [0.25, 0.3) is 0 Å². The Balaban J connectivity index is 1.78. The Labute approximate surface area is 174 Å². The predicted molar refractivity (Wildman–Crippen MR) is 128 cm³/mol. The van der Waals surface area contributed by atoms with E-state index in [1.54, 1.807) is 0 Å². The Morgan fingerprint density at radius 2 is 1.10 bits per heavy atom. The van der Waals surface area contributed by atoms with Gasteiger partial charge in [-0.05, 0) is 41.3 Å². The second-order valence-electron chi connectivity index (χ2n) is 7.67. The predicted octanol–water partition coefficient (Wildman–Crippen LogP) is 7.19. The first kappa shape index (κ1) is 16.9. The highest BCUT2D eigenvalue weighted by Crippen LogP contribution is 2.37. The van der Waals surface area contributed by atoms with Gasteiger partial charge in [0, 0.05) is 27.4 Å². The number of rotatable bonds is 2. The maximum Gasteiger partial charge on any atom is 0.0546 e. The average molecular weight is 384 g/mol. The van der Waals surface area contributed by atoms with Gasteiger partial charge in [-0.1, -0.05) is 78.9 Å². The third-order valence-electron chi connectivity index (χ3n) is 5.93. The third kappa shape index (κ3) is 2.44. The topological polar surface area (TPSA) is 30.9 Å². The highest BCUT2D eigenvalue weighted by Gasteiger charge is 2.15. The molecule has 1 heterocycles. The maximum absolute atomic E-state index is 6.34. The smallest absolute Gasteiger partial charge is 0.0546 e. The molecule has 0 unspecified atom stereocenters. The van der Waals surface area contributed by atoms with Crippen molar-refractivity contribution in [2.45, 2.75) is 0 Å². The molecule has 0 aliphatic carbocycles. The number of nitrogen functional groups attached to an aromatic ring is 1. The molecule has 0 amide bonds. The number of nitrogens with two attached hydrogens (primary N) is 1. The zero-order chi connectivity index (χ0) is 20.1. The lowest BCUT2D eigenvalue weighted by molar-refractivity contribution is 1.20. The Morgan fingerprint density at radius 3 is 1.80 bits per heavy atom. The van der Waals surface area contributed by atoms with Gasteiger partial charge in [-0.15, -0.1) is 0 Å². The number of hydrogen-bond donors (Lipinski definition) is 1. The molecule has 0 radical (unpaired) electrons. The van der Waals surface area contributed by atoms with Crippen molar-refractivity contribution in [1.29, 1.82) is 0 Å². The molecule has 1 aromatic heterocycles. The van der Waals surface area contributed by atoms with Crippen molar-refractivity contribution < 1.29 is 0 Å². The van der Waals surface area contributed by atoms with Crippen LogP contribution in [0.5, 0.6) is 0 Å². The number of fused-ring (bicyclic) bond motifs is 4. The Hall–Kier alpha value is -4.04. The Morgan fingerprint density at radius 1 is 0.533 bits per heavy atom. The van der Waals surface area contributed by atoms with Crippen LogP contribution in [0.25, 0.3) is 49.4 Å². The summed E-state index contributed by atoms with van der Waals surface area (Å²) in [6, 6.07) is 38.4. The van der Waals surface area contributed by atoms with E-state index in [2.05, 4.69) is 95.6 Å². The molecule has 0 saturated heterocycles. The van der Waals surface area contributed by atoms with E-state index in [4.69, 9.17) is 5.73 Å². The normalized spacial score (nSPS) is 11.5. The van der Waals surface area contributed by atoms with Crippen LogP contribution in [0.2, 0.25) is 0 Å². The van der Waals surface area contributed by atoms with Crippen molar-refractivity contribution in [3.8, 4) is 16.8 Å². The third-order valence-corrected chi connectivity index (χ3v) is 5.93. The molecule has 6 rings (SSSR count). The molecule has 0 spiro atoms. The molecule has 0 saturated carbocycles. The van der Waals surface area contributed by atoms with Crippen molar-refractivity contribution in [3.63, 3.8) is 0 Å². The van der Waals surface area contributed by atoms with Crippen LogP contribution in [-0.4, -0.2) is 4.57 Å². The standard InChI is InChI=1S/C28H20N2/c29-25-14-6-3-10-21(25)20-17-19-9-1-2-11-22(19)28(18-20)30-26-15-7-4-12-23(26)24-13-5-8-16-27(24)30/h1-18H,29H2. The molecular formula is C28H20N2. The highest BCUT2D eigenvalue weighted by molar-refractivity contribution is 6.11. The first-order valence-electron chi connectivity index (χ1n) is 10.2. The van der Waals surface area contributed by atoms with Gasteiger partial charge in [0.15, 0.2) is 0 Å². The van der Waals surface area contributed by atoms with E-state index >= 15 is 0 Å². The van der Waals surface area contributed by atoms with Crippen LogP contribution in [0, 0.1) is 0 Å². The molecule has 0 aliphatic heterocycles. The van der Waals surface area contributed by atoms with Gasteiger partial charge in [0.2, 0.25) is 0 Å². The van der Waals surface area contributed by atoms with E-state index in [1.165, 1.54) is 38.3 Å². The molecule has 142 valence electrons. The average Bonchev–Trinajstić information content (AvgIpc) is 3.13. The quantitative estimate of drug-likeness (QED) is 0.315. The van der Waals surface area contributed by atoms with Crippen LogP contribution in [0.15, 0.2) is 109 Å². The summed E-state index contributed by atoms with van der Waals surface area (Å²) < 4.78 is 2.38. The van der Waals surface area contributed by atoms with E-state index in [0.29, 0.717) is 0 Å². The van der Waals surface area contributed by atoms with Gasteiger partial charge in [-0.3, -0.25) is 0 Å². The first-order valence-corrected chi connectivity index (χ1v) is 10.2. The Bertz CT molecular complexity index is 1500. The fourth-order valence-corrected chi connectivity index (χ4v) is 4.57. The van der Waals surface area contributed by atoms with Gasteiger partial charge in [0.1, 0.15) is 0 Å². The van der Waals surface area contributed by atoms with Gasteiger partial charge in [-0.25, -0.2) is 0 Å². The van der Waals surface area contributed by atoms with Crippen LogP contribution < -0.4 is 5.73 Å². The van der Waals surface area contributed by atoms with E-state index in [1.807, 2.05) is 18.2 Å². The van der Waals surface area contributed by atoms with Crippen molar-refractivity contribution in [2.75, 3.05) is 5.73 Å². The summed E-state index contributed by atoms with van der Waals surface area (Å²) in [6.07, 6.45) is 0. The molecule has 2 nitrogen and oxygen atoms in total. The number of aromatic nitrogens is 1. The van der Waals surface area contributed by atoms with Crippen LogP contribution in [-0.2, 0) is 0 Å². The molecule has 2 N–H and O–H groups in total. The minimum absolute atomic E-state index is 0.793. The maximum atomic E-state index is 6.34. The summed E-state index contributed by atoms with van der Waals surface area (Å²) >= 11 is 0. The zero-order valence-electron chi connectivity index (χ0n) is 16.4. The lowest BCUT2D eigenvalue weighted by Crippen LogP contribution is -1.97. The summed E-state index contributed by atoms with van der Waals surface area (Å²) in [6.45, 7) is 0. The van der Waals surface area contributed by atoms with Crippen molar-refractivity contribution >= 4 is 38.3 Å². The zero-order valence-corrected chi connectivity index (χ0v) is 16.4. The van der Waals surface area contributed by atoms with Crippen LogP contribution >= 0.6 is 0 Å². The SMILES string of the molecule is Nc1ccccc1-c1cc(-n2c3ccccc3c3ccccc32)c2ccccc2c1. The fourth-order valence-electron chi connectivity index (χ4n) is 4.57. The van der Waals surface area contributed by atoms with E-state index in [-0.39, 0.29) is 0 Å². The minimum Gasteiger partial charge on any atom is -0.398 e. The van der Waals surface area contributed by atoms with E-state index < -0.39 is 0 Å². The molecular weight excluding hydrogens is 364 g/mol. The number of hydrogen-bond acceptors (Lipinski definition) is 1. The molecule has 5 aromatic carbocycles. The molecule has 0 fully saturated rings. The summed E-state index contributed by atoms with van der Waals surface area (Å²) in [7, 11) is 0. The van der Waals surface area contributed by atoms with Crippen molar-refractivity contribution in [3.05, 3.63) is 109 Å². The molecule has 0 atom stereocenters. The van der Waals surface area contributed by atoms with Gasteiger partial charge in [0.05, 0.1) is 16.7 Å². The molecule has 0 aliphatic rings. The Kier molecular flexibility index (Phi) is 3.65. The number of benzene rings is 5. The molecule has 30 heavy (non-hydrogen) atoms. The number of para-hydroxylation sites is 3. The van der Waals surface area contributed by atoms with Crippen LogP contribution in [0.3, 0.4) is 0 Å². The highest BCUT2D eigenvalue weighted by atomic mass is 15.0. The van der Waals surface area contributed by atoms with E-state index in [0.717, 1.165) is 16.8 Å². The number of nitrogens with zero attached hydrogens (tertiary/aromatic N) is 1. The second kappa shape index (κ2) is 6.50. The molecule has 6 aromatic rings. The largest absolute Gasteiger partial charge is 0.398 e. The van der Waals surface area contributed by atoms with Gasteiger partial charge >= 0.3 is 0 Å².